The topological polar surface area (TPSA) is 43.6 Å². The van der Waals surface area contributed by atoms with Crippen LogP contribution in [0.15, 0.2) is 51.4 Å². The third-order valence-electron chi connectivity index (χ3n) is 2.93. The molecule has 0 saturated carbocycles. The fraction of sp³-hybridized carbons (Fsp3) is 0.214. The van der Waals surface area contributed by atoms with Gasteiger partial charge in [-0.1, -0.05) is 45.9 Å². The molecule has 4 nitrogen and oxygen atoms in total. The molecular formula is C14H13BrN4S2. The number of hydrogen-bond acceptors (Lipinski definition) is 5. The van der Waals surface area contributed by atoms with Crippen molar-refractivity contribution in [2.45, 2.75) is 23.9 Å². The number of benzene rings is 1. The maximum Gasteiger partial charge on any atom is 0.209 e. The summed E-state index contributed by atoms with van der Waals surface area (Å²) in [5, 5.41) is 14.9. The number of tetrazole rings is 1. The average molecular weight is 381 g/mol. The molecular weight excluding hydrogens is 368 g/mol. The summed E-state index contributed by atoms with van der Waals surface area (Å²) >= 11 is 6.88. The Kier molecular flexibility index (Phi) is 5.05. The number of nitrogens with zero attached hydrogens (tertiary/aromatic N) is 4. The molecule has 1 aromatic carbocycles. The Balaban J connectivity index is 1.58. The SMILES string of the molecule is Brc1ccc(CSc2nnnn2CCc2cccs2)cc1. The van der Waals surface area contributed by atoms with Crippen LogP contribution < -0.4 is 0 Å². The van der Waals surface area contributed by atoms with E-state index in [2.05, 4.69) is 73.2 Å². The van der Waals surface area contributed by atoms with Crippen molar-refractivity contribution in [1.29, 1.82) is 0 Å². The molecule has 0 amide bonds. The second-order valence-electron chi connectivity index (χ2n) is 4.43. The van der Waals surface area contributed by atoms with Crippen molar-refractivity contribution in [2.24, 2.45) is 0 Å². The maximum atomic E-state index is 4.11. The molecule has 0 saturated heterocycles. The van der Waals surface area contributed by atoms with Gasteiger partial charge in [0.15, 0.2) is 0 Å². The van der Waals surface area contributed by atoms with E-state index in [1.807, 2.05) is 4.68 Å². The molecule has 7 heteroatoms. The largest absolute Gasteiger partial charge is 0.220 e. The number of thiophene rings is 1. The van der Waals surface area contributed by atoms with E-state index in [0.29, 0.717) is 0 Å². The smallest absolute Gasteiger partial charge is 0.209 e. The molecule has 0 aliphatic rings. The van der Waals surface area contributed by atoms with Crippen LogP contribution in [0.1, 0.15) is 10.4 Å². The van der Waals surface area contributed by atoms with Gasteiger partial charge in [0, 0.05) is 21.5 Å². The highest BCUT2D eigenvalue weighted by Gasteiger charge is 2.07. The van der Waals surface area contributed by atoms with Gasteiger partial charge in [0.25, 0.3) is 0 Å². The molecule has 108 valence electrons. The first-order chi connectivity index (χ1) is 10.3. The summed E-state index contributed by atoms with van der Waals surface area (Å²) < 4.78 is 2.97. The summed E-state index contributed by atoms with van der Waals surface area (Å²) in [5.41, 5.74) is 1.26. The van der Waals surface area contributed by atoms with Crippen LogP contribution in [0.2, 0.25) is 0 Å². The van der Waals surface area contributed by atoms with Crippen molar-refractivity contribution in [3.05, 3.63) is 56.7 Å². The molecule has 0 radical (unpaired) electrons. The first-order valence-electron chi connectivity index (χ1n) is 6.47. The van der Waals surface area contributed by atoms with E-state index in [1.165, 1.54) is 10.4 Å². The van der Waals surface area contributed by atoms with E-state index in [-0.39, 0.29) is 0 Å². The lowest BCUT2D eigenvalue weighted by molar-refractivity contribution is 0.550. The molecule has 3 aromatic rings. The molecule has 0 unspecified atom stereocenters. The normalized spacial score (nSPS) is 10.9. The van der Waals surface area contributed by atoms with Crippen molar-refractivity contribution in [1.82, 2.24) is 20.2 Å². The van der Waals surface area contributed by atoms with Crippen LogP contribution in [0.3, 0.4) is 0 Å². The second kappa shape index (κ2) is 7.20. The van der Waals surface area contributed by atoms with Gasteiger partial charge in [-0.15, -0.1) is 16.4 Å². The molecule has 0 fully saturated rings. The maximum absolute atomic E-state index is 4.11. The summed E-state index contributed by atoms with van der Waals surface area (Å²) in [4.78, 5) is 1.36. The summed E-state index contributed by atoms with van der Waals surface area (Å²) in [7, 11) is 0. The molecule has 0 spiro atoms. The predicted octanol–water partition coefficient (Wildman–Crippen LogP) is 4.03. The minimum Gasteiger partial charge on any atom is -0.220 e. The molecule has 0 aliphatic carbocycles. The zero-order valence-electron chi connectivity index (χ0n) is 11.1. The molecule has 21 heavy (non-hydrogen) atoms. The Bertz CT molecular complexity index is 679. The zero-order valence-corrected chi connectivity index (χ0v) is 14.4. The summed E-state index contributed by atoms with van der Waals surface area (Å²) in [6.45, 7) is 0.816. The first-order valence-corrected chi connectivity index (χ1v) is 9.13. The van der Waals surface area contributed by atoms with Crippen LogP contribution in [0.4, 0.5) is 0 Å². The Morgan fingerprint density at radius 2 is 2.05 bits per heavy atom. The Morgan fingerprint density at radius 3 is 2.81 bits per heavy atom. The Labute approximate surface area is 139 Å². The van der Waals surface area contributed by atoms with E-state index in [1.54, 1.807) is 23.1 Å². The number of rotatable bonds is 6. The van der Waals surface area contributed by atoms with Gasteiger partial charge in [0.05, 0.1) is 6.54 Å². The molecule has 0 atom stereocenters. The van der Waals surface area contributed by atoms with Gasteiger partial charge in [-0.25, -0.2) is 4.68 Å². The molecule has 0 bridgehead atoms. The minimum atomic E-state index is 0.816. The van der Waals surface area contributed by atoms with Gasteiger partial charge >= 0.3 is 0 Å². The fourth-order valence-electron chi connectivity index (χ4n) is 1.84. The van der Waals surface area contributed by atoms with Crippen molar-refractivity contribution in [3.63, 3.8) is 0 Å². The van der Waals surface area contributed by atoms with E-state index < -0.39 is 0 Å². The van der Waals surface area contributed by atoms with E-state index in [4.69, 9.17) is 0 Å². The highest BCUT2D eigenvalue weighted by Crippen LogP contribution is 2.21. The quantitative estimate of drug-likeness (QED) is 0.605. The van der Waals surface area contributed by atoms with Crippen LogP contribution in [0.25, 0.3) is 0 Å². The van der Waals surface area contributed by atoms with Gasteiger partial charge in [-0.3, -0.25) is 0 Å². The van der Waals surface area contributed by atoms with Gasteiger partial charge < -0.3 is 0 Å². The minimum absolute atomic E-state index is 0.816. The van der Waals surface area contributed by atoms with Gasteiger partial charge in [0.1, 0.15) is 0 Å². The zero-order chi connectivity index (χ0) is 14.5. The Morgan fingerprint density at radius 1 is 1.19 bits per heavy atom. The molecule has 0 N–H and O–H groups in total. The first kappa shape index (κ1) is 14.7. The molecule has 3 rings (SSSR count). The lowest BCUT2D eigenvalue weighted by atomic mass is 10.2. The number of hydrogen-bond donors (Lipinski definition) is 0. The number of halogens is 1. The van der Waals surface area contributed by atoms with Crippen molar-refractivity contribution >= 4 is 39.0 Å². The molecule has 2 aromatic heterocycles. The van der Waals surface area contributed by atoms with Crippen LogP contribution >= 0.6 is 39.0 Å². The highest BCUT2D eigenvalue weighted by molar-refractivity contribution is 9.10. The lowest BCUT2D eigenvalue weighted by Gasteiger charge is -2.04. The third-order valence-corrected chi connectivity index (χ3v) is 5.42. The van der Waals surface area contributed by atoms with Crippen molar-refractivity contribution in [3.8, 4) is 0 Å². The number of thioether (sulfide) groups is 1. The van der Waals surface area contributed by atoms with Gasteiger partial charge in [-0.05, 0) is 39.6 Å². The van der Waals surface area contributed by atoms with E-state index in [0.717, 1.165) is 28.3 Å². The third kappa shape index (κ3) is 4.15. The van der Waals surface area contributed by atoms with Crippen molar-refractivity contribution < 1.29 is 0 Å². The summed E-state index contributed by atoms with van der Waals surface area (Å²) in [6, 6.07) is 12.5. The van der Waals surface area contributed by atoms with Crippen LogP contribution in [-0.2, 0) is 18.7 Å². The van der Waals surface area contributed by atoms with Crippen LogP contribution in [-0.4, -0.2) is 20.2 Å². The number of aromatic nitrogens is 4. The number of aryl methyl sites for hydroxylation is 2. The van der Waals surface area contributed by atoms with Crippen molar-refractivity contribution in [2.75, 3.05) is 0 Å². The van der Waals surface area contributed by atoms with E-state index in [9.17, 15) is 0 Å². The molecule has 0 aliphatic heterocycles. The summed E-state index contributed by atoms with van der Waals surface area (Å²) in [6.07, 6.45) is 0.967. The van der Waals surface area contributed by atoms with Gasteiger partial charge in [0.2, 0.25) is 5.16 Å². The van der Waals surface area contributed by atoms with Gasteiger partial charge in [-0.2, -0.15) is 0 Å². The lowest BCUT2D eigenvalue weighted by Crippen LogP contribution is -2.04. The molecule has 2 heterocycles. The predicted molar refractivity (Wildman–Crippen MR) is 89.5 cm³/mol. The second-order valence-corrected chi connectivity index (χ2v) is 7.32. The Hall–Kier alpha value is -1.18. The summed E-state index contributed by atoms with van der Waals surface area (Å²) in [5.74, 6) is 0.868. The van der Waals surface area contributed by atoms with Crippen LogP contribution in [0, 0.1) is 0 Å². The average Bonchev–Trinajstić information content (AvgIpc) is 3.16. The van der Waals surface area contributed by atoms with Crippen LogP contribution in [0.5, 0.6) is 0 Å². The fourth-order valence-corrected chi connectivity index (χ4v) is 3.66. The highest BCUT2D eigenvalue weighted by atomic mass is 79.9. The monoisotopic (exact) mass is 380 g/mol. The standard InChI is InChI=1S/C14H13BrN4S2/c15-12-5-3-11(4-6-12)10-21-14-16-17-18-19(14)8-7-13-2-1-9-20-13/h1-6,9H,7-8,10H2. The van der Waals surface area contributed by atoms with E-state index >= 15 is 0 Å².